The van der Waals surface area contributed by atoms with Crippen molar-refractivity contribution in [1.82, 2.24) is 10.2 Å². The maximum atomic E-state index is 11.7. The van der Waals surface area contributed by atoms with Crippen LogP contribution in [-0.4, -0.2) is 29.4 Å². The van der Waals surface area contributed by atoms with Crippen molar-refractivity contribution in [3.8, 4) is 0 Å². The second-order valence-electron chi connectivity index (χ2n) is 5.40. The monoisotopic (exact) mass is 244 g/mol. The fourth-order valence-electron chi connectivity index (χ4n) is 3.23. The summed E-state index contributed by atoms with van der Waals surface area (Å²) in [5.74, 6) is 0.225. The van der Waals surface area contributed by atoms with Gasteiger partial charge in [0.1, 0.15) is 0 Å². The maximum absolute atomic E-state index is 11.7. The predicted molar refractivity (Wildman–Crippen MR) is 71.0 cm³/mol. The standard InChI is InChI=1S/C15H20N2O/c18-15-9-13-7-4-8-14(10-16-15)17(13)11-12-5-2-1-3-6-12/h1-3,5-6,13-14H,4,7-11H2,(H,16,18)/t13-,14+/m0/s1. The third-order valence-corrected chi connectivity index (χ3v) is 4.18. The van der Waals surface area contributed by atoms with Crippen LogP contribution in [0, 0.1) is 0 Å². The van der Waals surface area contributed by atoms with Crippen LogP contribution in [0.1, 0.15) is 31.2 Å². The van der Waals surface area contributed by atoms with E-state index in [4.69, 9.17) is 0 Å². The smallest absolute Gasteiger partial charge is 0.221 e. The van der Waals surface area contributed by atoms with Crippen LogP contribution < -0.4 is 5.32 Å². The van der Waals surface area contributed by atoms with E-state index in [9.17, 15) is 4.79 Å². The Kier molecular flexibility index (Phi) is 3.33. The molecule has 2 aliphatic heterocycles. The third-order valence-electron chi connectivity index (χ3n) is 4.18. The number of fused-ring (bicyclic) bond motifs is 2. The zero-order valence-corrected chi connectivity index (χ0v) is 10.6. The highest BCUT2D eigenvalue weighted by Crippen LogP contribution is 2.28. The Labute approximate surface area is 108 Å². The second-order valence-corrected chi connectivity index (χ2v) is 5.40. The molecule has 96 valence electrons. The van der Waals surface area contributed by atoms with Crippen molar-refractivity contribution >= 4 is 5.91 Å². The van der Waals surface area contributed by atoms with E-state index in [0.717, 1.165) is 19.5 Å². The minimum Gasteiger partial charge on any atom is -0.354 e. The molecule has 1 aromatic rings. The van der Waals surface area contributed by atoms with E-state index >= 15 is 0 Å². The first kappa shape index (κ1) is 11.7. The molecule has 2 fully saturated rings. The van der Waals surface area contributed by atoms with Gasteiger partial charge in [-0.05, 0) is 18.4 Å². The van der Waals surface area contributed by atoms with E-state index in [0.29, 0.717) is 18.5 Å². The van der Waals surface area contributed by atoms with Gasteiger partial charge in [0, 0.05) is 31.6 Å². The number of amides is 1. The molecular weight excluding hydrogens is 224 g/mol. The van der Waals surface area contributed by atoms with Crippen molar-refractivity contribution < 1.29 is 4.79 Å². The first-order valence-electron chi connectivity index (χ1n) is 6.89. The molecule has 0 unspecified atom stereocenters. The highest BCUT2D eigenvalue weighted by atomic mass is 16.1. The van der Waals surface area contributed by atoms with Gasteiger partial charge in [-0.15, -0.1) is 0 Å². The van der Waals surface area contributed by atoms with Crippen molar-refractivity contribution in [2.45, 2.75) is 44.3 Å². The summed E-state index contributed by atoms with van der Waals surface area (Å²) in [6, 6.07) is 11.5. The van der Waals surface area contributed by atoms with Gasteiger partial charge in [0.2, 0.25) is 5.91 Å². The van der Waals surface area contributed by atoms with Gasteiger partial charge in [0.25, 0.3) is 0 Å². The summed E-state index contributed by atoms with van der Waals surface area (Å²) in [5.41, 5.74) is 1.35. The summed E-state index contributed by atoms with van der Waals surface area (Å²) in [7, 11) is 0. The van der Waals surface area contributed by atoms with Gasteiger partial charge in [-0.2, -0.15) is 0 Å². The number of carbonyl (C=O) groups excluding carboxylic acids is 1. The lowest BCUT2D eigenvalue weighted by Crippen LogP contribution is -2.47. The van der Waals surface area contributed by atoms with Crippen LogP contribution >= 0.6 is 0 Å². The van der Waals surface area contributed by atoms with E-state index in [1.165, 1.54) is 18.4 Å². The minimum absolute atomic E-state index is 0.225. The molecular formula is C15H20N2O. The quantitative estimate of drug-likeness (QED) is 0.862. The number of nitrogens with one attached hydrogen (secondary N) is 1. The van der Waals surface area contributed by atoms with Crippen molar-refractivity contribution in [3.63, 3.8) is 0 Å². The number of piperidine rings is 1. The molecule has 0 spiro atoms. The lowest BCUT2D eigenvalue weighted by atomic mass is 9.94. The lowest BCUT2D eigenvalue weighted by Gasteiger charge is -2.39. The number of benzene rings is 1. The van der Waals surface area contributed by atoms with E-state index < -0.39 is 0 Å². The van der Waals surface area contributed by atoms with Crippen LogP contribution in [0.3, 0.4) is 0 Å². The van der Waals surface area contributed by atoms with E-state index in [-0.39, 0.29) is 5.91 Å². The highest BCUT2D eigenvalue weighted by Gasteiger charge is 2.34. The maximum Gasteiger partial charge on any atom is 0.221 e. The van der Waals surface area contributed by atoms with Gasteiger partial charge in [-0.3, -0.25) is 9.69 Å². The van der Waals surface area contributed by atoms with Gasteiger partial charge >= 0.3 is 0 Å². The number of nitrogens with zero attached hydrogens (tertiary/aromatic N) is 1. The Hall–Kier alpha value is -1.35. The first-order chi connectivity index (χ1) is 8.83. The zero-order chi connectivity index (χ0) is 12.4. The SMILES string of the molecule is O=C1C[C@@H]2CCC[C@H](CN1)N2Cc1ccccc1. The van der Waals surface area contributed by atoms with Gasteiger partial charge in [-0.25, -0.2) is 0 Å². The molecule has 3 heteroatoms. The predicted octanol–water partition coefficient (Wildman–Crippen LogP) is 1.93. The van der Waals surface area contributed by atoms with Crippen LogP contribution in [0.15, 0.2) is 30.3 Å². The normalized spacial score (nSPS) is 28.6. The summed E-state index contributed by atoms with van der Waals surface area (Å²) in [6.45, 7) is 1.80. The first-order valence-corrected chi connectivity index (χ1v) is 6.89. The van der Waals surface area contributed by atoms with Gasteiger partial charge in [-0.1, -0.05) is 36.8 Å². The molecule has 2 aliphatic rings. The van der Waals surface area contributed by atoms with Crippen LogP contribution in [0.5, 0.6) is 0 Å². The second kappa shape index (κ2) is 5.11. The Bertz CT molecular complexity index is 418. The molecule has 1 aromatic carbocycles. The average Bonchev–Trinajstić information content (AvgIpc) is 2.48. The summed E-state index contributed by atoms with van der Waals surface area (Å²) < 4.78 is 0. The lowest BCUT2D eigenvalue weighted by molar-refractivity contribution is -0.121. The molecule has 2 heterocycles. The molecule has 2 bridgehead atoms. The van der Waals surface area contributed by atoms with Crippen LogP contribution in [0.25, 0.3) is 0 Å². The van der Waals surface area contributed by atoms with E-state index in [2.05, 4.69) is 40.5 Å². The summed E-state index contributed by atoms with van der Waals surface area (Å²) in [5, 5.41) is 3.05. The Morgan fingerprint density at radius 2 is 1.94 bits per heavy atom. The number of hydrogen-bond acceptors (Lipinski definition) is 2. The molecule has 3 rings (SSSR count). The van der Waals surface area contributed by atoms with Crippen molar-refractivity contribution in [1.29, 1.82) is 0 Å². The Morgan fingerprint density at radius 3 is 2.78 bits per heavy atom. The topological polar surface area (TPSA) is 32.3 Å². The van der Waals surface area contributed by atoms with Crippen LogP contribution in [0.2, 0.25) is 0 Å². The largest absolute Gasteiger partial charge is 0.354 e. The zero-order valence-electron chi connectivity index (χ0n) is 10.6. The molecule has 0 aliphatic carbocycles. The average molecular weight is 244 g/mol. The van der Waals surface area contributed by atoms with E-state index in [1.54, 1.807) is 0 Å². The third kappa shape index (κ3) is 2.41. The van der Waals surface area contributed by atoms with Crippen molar-refractivity contribution in [2.24, 2.45) is 0 Å². The molecule has 0 aromatic heterocycles. The molecule has 2 atom stereocenters. The van der Waals surface area contributed by atoms with Gasteiger partial charge < -0.3 is 5.32 Å². The number of hydrogen-bond donors (Lipinski definition) is 1. The molecule has 1 amide bonds. The minimum atomic E-state index is 0.225. The molecule has 3 nitrogen and oxygen atoms in total. The number of carbonyl (C=O) groups is 1. The fourth-order valence-corrected chi connectivity index (χ4v) is 3.23. The van der Waals surface area contributed by atoms with Crippen molar-refractivity contribution in [3.05, 3.63) is 35.9 Å². The van der Waals surface area contributed by atoms with Gasteiger partial charge in [0.05, 0.1) is 0 Å². The molecule has 1 N–H and O–H groups in total. The fraction of sp³-hybridized carbons (Fsp3) is 0.533. The summed E-state index contributed by atoms with van der Waals surface area (Å²) in [4.78, 5) is 14.2. The van der Waals surface area contributed by atoms with Gasteiger partial charge in [0.15, 0.2) is 0 Å². The molecule has 2 saturated heterocycles. The number of rotatable bonds is 2. The Balaban J connectivity index is 1.79. The highest BCUT2D eigenvalue weighted by molar-refractivity contribution is 5.77. The van der Waals surface area contributed by atoms with Crippen molar-refractivity contribution in [2.75, 3.05) is 6.54 Å². The van der Waals surface area contributed by atoms with Crippen LogP contribution in [-0.2, 0) is 11.3 Å². The molecule has 18 heavy (non-hydrogen) atoms. The summed E-state index contributed by atoms with van der Waals surface area (Å²) >= 11 is 0. The molecule has 0 radical (unpaired) electrons. The summed E-state index contributed by atoms with van der Waals surface area (Å²) in [6.07, 6.45) is 4.30. The Morgan fingerprint density at radius 1 is 1.17 bits per heavy atom. The molecule has 0 saturated carbocycles. The van der Waals surface area contributed by atoms with E-state index in [1.807, 2.05) is 0 Å². The van der Waals surface area contributed by atoms with Crippen LogP contribution in [0.4, 0.5) is 0 Å².